The minimum absolute atomic E-state index is 0.0407. The number of carbonyl (C=O) groups is 1. The number of alkyl halides is 1. The molecule has 5 nitrogen and oxygen atoms in total. The number of guanidine groups is 1. The van der Waals surface area contributed by atoms with Crippen LogP contribution in [0.1, 0.15) is 34.7 Å². The van der Waals surface area contributed by atoms with E-state index in [9.17, 15) is 13.6 Å². The van der Waals surface area contributed by atoms with E-state index in [-0.39, 0.29) is 11.9 Å². The van der Waals surface area contributed by atoms with Crippen molar-refractivity contribution in [2.45, 2.75) is 39.6 Å². The number of rotatable bonds is 4. The molecular weight excluding hydrogens is 364 g/mol. The number of aryl methyl sites for hydroxylation is 2. The van der Waals surface area contributed by atoms with Gasteiger partial charge in [0.25, 0.3) is 5.91 Å². The zero-order valence-electron chi connectivity index (χ0n) is 16.5. The third kappa shape index (κ3) is 3.00. The van der Waals surface area contributed by atoms with Crippen LogP contribution < -0.4 is 10.5 Å². The molecule has 7 heteroatoms. The molecular formula is C21H23F2N3O2. The zero-order chi connectivity index (χ0) is 20.8. The maximum Gasteiger partial charge on any atom is 0.266 e. The van der Waals surface area contributed by atoms with Crippen molar-refractivity contribution in [1.29, 1.82) is 0 Å². The molecule has 1 amide bonds. The average Bonchev–Trinajstić information content (AvgIpc) is 2.85. The van der Waals surface area contributed by atoms with Crippen molar-refractivity contribution in [3.05, 3.63) is 64.0 Å². The summed E-state index contributed by atoms with van der Waals surface area (Å²) in [6, 6.07) is 7.97. The summed E-state index contributed by atoms with van der Waals surface area (Å²) in [7, 11) is 1.52. The van der Waals surface area contributed by atoms with Crippen LogP contribution in [-0.4, -0.2) is 30.2 Å². The molecule has 148 valence electrons. The summed E-state index contributed by atoms with van der Waals surface area (Å²) < 4.78 is 32.9. The number of ether oxygens (including phenoxy) is 1. The molecule has 1 aliphatic rings. The molecule has 1 aliphatic heterocycles. The Kier molecular flexibility index (Phi) is 4.87. The first-order valence-corrected chi connectivity index (χ1v) is 8.90. The fraction of sp³-hybridized carbons (Fsp3) is 0.333. The summed E-state index contributed by atoms with van der Waals surface area (Å²) in [4.78, 5) is 18.9. The first-order chi connectivity index (χ1) is 13.1. The van der Waals surface area contributed by atoms with Crippen LogP contribution in [0.2, 0.25) is 0 Å². The minimum atomic E-state index is -1.51. The Labute approximate surface area is 162 Å². The normalized spacial score (nSPS) is 20.3. The lowest BCUT2D eigenvalue weighted by atomic mass is 9.81. The monoisotopic (exact) mass is 387 g/mol. The standard InChI is InChI=1S/C21H23F2N3O2/c1-11-8-16(10-17(23)13(11)3)21(19(27)26(5)20(24)25-21)15-6-7-18(12(2)9-15)28-14(4)22/h6-10,14H,1-5H3,(H2,24,25). The molecule has 1 heterocycles. The Hall–Kier alpha value is -2.96. The summed E-state index contributed by atoms with van der Waals surface area (Å²) in [6.45, 7) is 6.48. The molecule has 0 bridgehead atoms. The van der Waals surface area contributed by atoms with E-state index in [1.807, 2.05) is 0 Å². The Morgan fingerprint density at radius 2 is 1.79 bits per heavy atom. The van der Waals surface area contributed by atoms with Gasteiger partial charge in [0.1, 0.15) is 11.6 Å². The van der Waals surface area contributed by atoms with Gasteiger partial charge in [0.2, 0.25) is 6.36 Å². The third-order valence-electron chi connectivity index (χ3n) is 5.14. The maximum absolute atomic E-state index is 14.5. The number of likely N-dealkylation sites (N-methyl/N-ethyl adjacent to an activating group) is 1. The number of benzene rings is 2. The SMILES string of the molecule is Cc1cc(C2(c3cc(C)c(C)c(F)c3)N=C(N)N(C)C2=O)ccc1OC(C)F. The number of amides is 1. The number of hydrogen-bond acceptors (Lipinski definition) is 4. The highest BCUT2D eigenvalue weighted by Crippen LogP contribution is 2.41. The van der Waals surface area contributed by atoms with Crippen LogP contribution in [0, 0.1) is 26.6 Å². The zero-order valence-corrected chi connectivity index (χ0v) is 16.5. The van der Waals surface area contributed by atoms with Crippen LogP contribution in [0.25, 0.3) is 0 Å². The van der Waals surface area contributed by atoms with Gasteiger partial charge in [0, 0.05) is 14.0 Å². The van der Waals surface area contributed by atoms with Crippen LogP contribution in [-0.2, 0) is 10.3 Å². The van der Waals surface area contributed by atoms with Gasteiger partial charge in [-0.2, -0.15) is 0 Å². The number of nitrogens with zero attached hydrogens (tertiary/aromatic N) is 2. The summed E-state index contributed by atoms with van der Waals surface area (Å²) in [6.07, 6.45) is -1.47. The van der Waals surface area contributed by atoms with Crippen molar-refractivity contribution in [3.8, 4) is 5.75 Å². The molecule has 0 saturated heterocycles. The van der Waals surface area contributed by atoms with Gasteiger partial charge >= 0.3 is 0 Å². The topological polar surface area (TPSA) is 67.9 Å². The van der Waals surface area contributed by atoms with Gasteiger partial charge in [-0.15, -0.1) is 0 Å². The third-order valence-corrected chi connectivity index (χ3v) is 5.14. The van der Waals surface area contributed by atoms with Crippen LogP contribution in [0.5, 0.6) is 5.75 Å². The summed E-state index contributed by atoms with van der Waals surface area (Å²) in [5.41, 5.74) is 7.16. The van der Waals surface area contributed by atoms with E-state index >= 15 is 0 Å². The van der Waals surface area contributed by atoms with Crippen molar-refractivity contribution in [1.82, 2.24) is 4.90 Å². The van der Waals surface area contributed by atoms with Crippen molar-refractivity contribution < 1.29 is 18.3 Å². The molecule has 2 N–H and O–H groups in total. The molecule has 2 aromatic carbocycles. The second kappa shape index (κ2) is 6.89. The van der Waals surface area contributed by atoms with Gasteiger partial charge in [-0.1, -0.05) is 12.1 Å². The molecule has 0 aliphatic carbocycles. The van der Waals surface area contributed by atoms with E-state index in [0.29, 0.717) is 33.6 Å². The highest BCUT2D eigenvalue weighted by atomic mass is 19.1. The highest BCUT2D eigenvalue weighted by Gasteiger charge is 2.50. The highest BCUT2D eigenvalue weighted by molar-refractivity contribution is 6.09. The van der Waals surface area contributed by atoms with Crippen LogP contribution in [0.4, 0.5) is 8.78 Å². The predicted octanol–water partition coefficient (Wildman–Crippen LogP) is 3.48. The van der Waals surface area contributed by atoms with E-state index in [1.54, 1.807) is 45.0 Å². The number of halogens is 2. The number of hydrogen-bond donors (Lipinski definition) is 1. The van der Waals surface area contributed by atoms with Gasteiger partial charge in [0.05, 0.1) is 0 Å². The lowest BCUT2D eigenvalue weighted by Gasteiger charge is -2.27. The molecule has 0 saturated carbocycles. The molecule has 0 fully saturated rings. The lowest BCUT2D eigenvalue weighted by Crippen LogP contribution is -2.41. The van der Waals surface area contributed by atoms with Crippen LogP contribution in [0.3, 0.4) is 0 Å². The first-order valence-electron chi connectivity index (χ1n) is 8.90. The fourth-order valence-electron chi connectivity index (χ4n) is 3.39. The van der Waals surface area contributed by atoms with Gasteiger partial charge in [-0.05, 0) is 66.8 Å². The molecule has 2 atom stereocenters. The Bertz CT molecular complexity index is 965. The second-order valence-electron chi connectivity index (χ2n) is 7.09. The van der Waals surface area contributed by atoms with Crippen molar-refractivity contribution in [3.63, 3.8) is 0 Å². The fourth-order valence-corrected chi connectivity index (χ4v) is 3.39. The average molecular weight is 387 g/mol. The number of nitrogens with two attached hydrogens (primary N) is 1. The molecule has 2 unspecified atom stereocenters. The smallest absolute Gasteiger partial charge is 0.266 e. The van der Waals surface area contributed by atoms with E-state index in [4.69, 9.17) is 10.5 Å². The first kappa shape index (κ1) is 19.8. The Morgan fingerprint density at radius 3 is 2.29 bits per heavy atom. The predicted molar refractivity (Wildman–Crippen MR) is 103 cm³/mol. The van der Waals surface area contributed by atoms with Gasteiger partial charge in [-0.3, -0.25) is 9.69 Å². The Balaban J connectivity index is 2.26. The van der Waals surface area contributed by atoms with Crippen LogP contribution in [0.15, 0.2) is 35.3 Å². The molecule has 0 aromatic heterocycles. The van der Waals surface area contributed by atoms with Gasteiger partial charge in [0.15, 0.2) is 11.5 Å². The number of carbonyl (C=O) groups excluding carboxylic acids is 1. The maximum atomic E-state index is 14.5. The lowest BCUT2D eigenvalue weighted by molar-refractivity contribution is -0.129. The van der Waals surface area contributed by atoms with Gasteiger partial charge < -0.3 is 10.5 Å². The minimum Gasteiger partial charge on any atom is -0.460 e. The summed E-state index contributed by atoms with van der Waals surface area (Å²) >= 11 is 0. The van der Waals surface area contributed by atoms with E-state index in [2.05, 4.69) is 4.99 Å². The summed E-state index contributed by atoms with van der Waals surface area (Å²) in [5.74, 6) is -0.414. The van der Waals surface area contributed by atoms with Crippen LogP contribution >= 0.6 is 0 Å². The largest absolute Gasteiger partial charge is 0.460 e. The van der Waals surface area contributed by atoms with Crippen molar-refractivity contribution >= 4 is 11.9 Å². The van der Waals surface area contributed by atoms with Crippen molar-refractivity contribution in [2.24, 2.45) is 10.7 Å². The summed E-state index contributed by atoms with van der Waals surface area (Å²) in [5, 5.41) is 0. The Morgan fingerprint density at radius 1 is 1.14 bits per heavy atom. The van der Waals surface area contributed by atoms with Gasteiger partial charge in [-0.25, -0.2) is 13.8 Å². The molecule has 2 aromatic rings. The second-order valence-corrected chi connectivity index (χ2v) is 7.09. The van der Waals surface area contributed by atoms with Crippen molar-refractivity contribution in [2.75, 3.05) is 7.05 Å². The molecule has 0 radical (unpaired) electrons. The number of aliphatic imine (C=N–C) groups is 1. The molecule has 28 heavy (non-hydrogen) atoms. The van der Waals surface area contributed by atoms with E-state index < -0.39 is 17.7 Å². The van der Waals surface area contributed by atoms with E-state index in [1.165, 1.54) is 24.9 Å². The quantitative estimate of drug-likeness (QED) is 0.873. The molecule has 0 spiro atoms. The molecule has 3 rings (SSSR count). The van der Waals surface area contributed by atoms with E-state index in [0.717, 1.165) is 0 Å².